The van der Waals surface area contributed by atoms with Gasteiger partial charge >= 0.3 is 0 Å². The van der Waals surface area contributed by atoms with E-state index in [0.29, 0.717) is 12.6 Å². The molecule has 162 valence electrons. The number of carbonyl (C=O) groups excluding carboxylic acids is 1. The summed E-state index contributed by atoms with van der Waals surface area (Å²) in [7, 11) is 1.91. The highest BCUT2D eigenvalue weighted by molar-refractivity contribution is 5.93. The molecule has 6 nitrogen and oxygen atoms in total. The second-order valence-electron chi connectivity index (χ2n) is 9.23. The summed E-state index contributed by atoms with van der Waals surface area (Å²) in [5, 5.41) is 11.4. The van der Waals surface area contributed by atoms with Crippen LogP contribution in [-0.2, 0) is 11.8 Å². The Labute approximate surface area is 180 Å². The summed E-state index contributed by atoms with van der Waals surface area (Å²) in [5.74, 6) is 0.0430. The molecule has 6 heteroatoms. The number of amides is 1. The van der Waals surface area contributed by atoms with Gasteiger partial charge in [0, 0.05) is 24.7 Å². The van der Waals surface area contributed by atoms with Crippen LogP contribution in [0.5, 0.6) is 0 Å². The average molecular weight is 410 g/mol. The van der Waals surface area contributed by atoms with E-state index in [4.69, 9.17) is 0 Å². The zero-order valence-electron chi connectivity index (χ0n) is 18.7. The molecule has 2 saturated heterocycles. The first-order valence-electron chi connectivity index (χ1n) is 11.2. The molecule has 2 aliphatic heterocycles. The molecule has 0 radical (unpaired) electrons. The third kappa shape index (κ3) is 4.03. The maximum atomic E-state index is 13.2. The van der Waals surface area contributed by atoms with Crippen molar-refractivity contribution in [1.82, 2.24) is 20.0 Å². The molecule has 0 bridgehead atoms. The van der Waals surface area contributed by atoms with E-state index in [1.54, 1.807) is 0 Å². The molecule has 0 unspecified atom stereocenters. The molecule has 2 fully saturated rings. The molecule has 30 heavy (non-hydrogen) atoms. The summed E-state index contributed by atoms with van der Waals surface area (Å²) < 4.78 is 1.82. The molecule has 3 heterocycles. The predicted molar refractivity (Wildman–Crippen MR) is 120 cm³/mol. The van der Waals surface area contributed by atoms with Gasteiger partial charge in [0.2, 0.25) is 5.91 Å². The molecule has 0 aliphatic carbocycles. The van der Waals surface area contributed by atoms with Gasteiger partial charge in [0.1, 0.15) is 0 Å². The lowest BCUT2D eigenvalue weighted by Gasteiger charge is -2.38. The Bertz CT molecular complexity index is 893. The summed E-state index contributed by atoms with van der Waals surface area (Å²) in [4.78, 5) is 15.6. The Morgan fingerprint density at radius 1 is 1.23 bits per heavy atom. The molecule has 1 aromatic heterocycles. The summed E-state index contributed by atoms with van der Waals surface area (Å²) in [6, 6.07) is 11.3. The normalized spacial score (nSPS) is 27.3. The number of aromatic nitrogens is 2. The van der Waals surface area contributed by atoms with Gasteiger partial charge in [0.25, 0.3) is 0 Å². The molecule has 1 aromatic carbocycles. The van der Waals surface area contributed by atoms with Crippen LogP contribution in [0.1, 0.15) is 62.0 Å². The Balaban J connectivity index is 1.60. The van der Waals surface area contributed by atoms with Crippen molar-refractivity contribution >= 4 is 11.6 Å². The van der Waals surface area contributed by atoms with Gasteiger partial charge in [0.05, 0.1) is 23.6 Å². The fourth-order valence-corrected chi connectivity index (χ4v) is 5.43. The van der Waals surface area contributed by atoms with E-state index in [1.165, 1.54) is 24.8 Å². The molecule has 2 aromatic rings. The van der Waals surface area contributed by atoms with Crippen LogP contribution >= 0.6 is 0 Å². The standard InChI is InChI=1S/C24H35N5O/c1-17-23(18(2)28(4)27-17)26-22(30)16-29-20(19-11-7-5-8-12-19)15-24(3)21(29)13-9-6-10-14-25-24/h5,7-8,11-12,20-21,25H,6,9-10,13-16H2,1-4H3,(H,26,30)/t20-,21-,24-/m0/s1. The van der Waals surface area contributed by atoms with Crippen LogP contribution in [0.2, 0.25) is 0 Å². The molecule has 2 aliphatic rings. The van der Waals surface area contributed by atoms with Gasteiger partial charge in [-0.3, -0.25) is 14.4 Å². The number of nitrogens with zero attached hydrogens (tertiary/aromatic N) is 3. The fourth-order valence-electron chi connectivity index (χ4n) is 5.43. The van der Waals surface area contributed by atoms with Gasteiger partial charge in [-0.2, -0.15) is 5.10 Å². The van der Waals surface area contributed by atoms with Gasteiger partial charge in [0.15, 0.2) is 0 Å². The van der Waals surface area contributed by atoms with Crippen molar-refractivity contribution in [3.05, 3.63) is 47.3 Å². The molecule has 0 saturated carbocycles. The van der Waals surface area contributed by atoms with Gasteiger partial charge in [-0.25, -0.2) is 0 Å². The van der Waals surface area contributed by atoms with Crippen LogP contribution in [0.25, 0.3) is 0 Å². The number of nitrogens with one attached hydrogen (secondary N) is 2. The van der Waals surface area contributed by atoms with Crippen molar-refractivity contribution in [2.75, 3.05) is 18.4 Å². The van der Waals surface area contributed by atoms with Gasteiger partial charge in [-0.1, -0.05) is 43.2 Å². The van der Waals surface area contributed by atoms with Gasteiger partial charge < -0.3 is 10.6 Å². The van der Waals surface area contributed by atoms with Crippen molar-refractivity contribution in [2.24, 2.45) is 7.05 Å². The summed E-state index contributed by atoms with van der Waals surface area (Å²) >= 11 is 0. The van der Waals surface area contributed by atoms with Gasteiger partial charge in [-0.05, 0) is 52.1 Å². The lowest BCUT2D eigenvalue weighted by molar-refractivity contribution is -0.118. The monoisotopic (exact) mass is 409 g/mol. The number of aryl methyl sites for hydroxylation is 2. The Morgan fingerprint density at radius 3 is 2.70 bits per heavy atom. The fraction of sp³-hybridized carbons (Fsp3) is 0.583. The minimum absolute atomic E-state index is 0.0291. The van der Waals surface area contributed by atoms with E-state index in [-0.39, 0.29) is 17.5 Å². The minimum atomic E-state index is 0.0291. The smallest absolute Gasteiger partial charge is 0.238 e. The number of fused-ring (bicyclic) bond motifs is 1. The van der Waals surface area contributed by atoms with E-state index < -0.39 is 0 Å². The number of benzene rings is 1. The van der Waals surface area contributed by atoms with Crippen molar-refractivity contribution in [2.45, 2.75) is 70.5 Å². The number of hydrogen-bond donors (Lipinski definition) is 2. The summed E-state index contributed by atoms with van der Waals surface area (Å²) in [5.41, 5.74) is 4.02. The molecule has 1 amide bonds. The molecule has 0 spiro atoms. The Hall–Kier alpha value is -2.18. The highest BCUT2D eigenvalue weighted by Crippen LogP contribution is 2.44. The quantitative estimate of drug-likeness (QED) is 0.808. The minimum Gasteiger partial charge on any atom is -0.322 e. The molecular formula is C24H35N5O. The lowest BCUT2D eigenvalue weighted by atomic mass is 9.85. The van der Waals surface area contributed by atoms with Crippen molar-refractivity contribution in [3.8, 4) is 0 Å². The summed E-state index contributed by atoms with van der Waals surface area (Å²) in [6.45, 7) is 7.75. The maximum Gasteiger partial charge on any atom is 0.238 e. The van der Waals surface area contributed by atoms with E-state index in [9.17, 15) is 4.79 Å². The highest BCUT2D eigenvalue weighted by Gasteiger charge is 2.49. The largest absolute Gasteiger partial charge is 0.322 e. The molecule has 2 N–H and O–H groups in total. The molecule has 4 rings (SSSR count). The van der Waals surface area contributed by atoms with Crippen LogP contribution < -0.4 is 10.6 Å². The number of rotatable bonds is 4. The maximum absolute atomic E-state index is 13.2. The molecular weight excluding hydrogens is 374 g/mol. The third-order valence-electron chi connectivity index (χ3n) is 7.12. The highest BCUT2D eigenvalue weighted by atomic mass is 16.2. The zero-order chi connectivity index (χ0) is 21.3. The predicted octanol–water partition coefficient (Wildman–Crippen LogP) is 3.71. The van der Waals surface area contributed by atoms with Crippen LogP contribution in [0.4, 0.5) is 5.69 Å². The van der Waals surface area contributed by atoms with Crippen LogP contribution in [-0.4, -0.2) is 45.3 Å². The first-order valence-corrected chi connectivity index (χ1v) is 11.2. The van der Waals surface area contributed by atoms with Crippen LogP contribution in [0, 0.1) is 13.8 Å². The van der Waals surface area contributed by atoms with Crippen molar-refractivity contribution < 1.29 is 4.79 Å². The number of hydrogen-bond acceptors (Lipinski definition) is 4. The zero-order valence-corrected chi connectivity index (χ0v) is 18.7. The summed E-state index contributed by atoms with van der Waals surface area (Å²) in [6.07, 6.45) is 5.87. The second kappa shape index (κ2) is 8.52. The van der Waals surface area contributed by atoms with Crippen molar-refractivity contribution in [3.63, 3.8) is 0 Å². The van der Waals surface area contributed by atoms with E-state index in [1.807, 2.05) is 25.6 Å². The Kier molecular flexibility index (Phi) is 5.98. The number of carbonyl (C=O) groups is 1. The van der Waals surface area contributed by atoms with Crippen LogP contribution in [0.3, 0.4) is 0 Å². The van der Waals surface area contributed by atoms with E-state index in [0.717, 1.165) is 36.5 Å². The number of anilines is 1. The topological polar surface area (TPSA) is 62.2 Å². The molecule has 3 atom stereocenters. The first-order chi connectivity index (χ1) is 14.4. The third-order valence-corrected chi connectivity index (χ3v) is 7.12. The Morgan fingerprint density at radius 2 is 2.00 bits per heavy atom. The average Bonchev–Trinajstić information content (AvgIpc) is 3.10. The SMILES string of the molecule is Cc1nn(C)c(C)c1NC(=O)CN1[C@H]2CCCCCN[C@@]2(C)C[C@H]1c1ccccc1. The number of likely N-dealkylation sites (tertiary alicyclic amines) is 1. The van der Waals surface area contributed by atoms with E-state index >= 15 is 0 Å². The van der Waals surface area contributed by atoms with Crippen LogP contribution in [0.15, 0.2) is 30.3 Å². The lowest BCUT2D eigenvalue weighted by Crippen LogP contribution is -2.54. The second-order valence-corrected chi connectivity index (χ2v) is 9.23. The van der Waals surface area contributed by atoms with Crippen molar-refractivity contribution in [1.29, 1.82) is 0 Å². The first kappa shape index (κ1) is 21.1. The van der Waals surface area contributed by atoms with Gasteiger partial charge in [-0.15, -0.1) is 0 Å². The van der Waals surface area contributed by atoms with E-state index in [2.05, 4.69) is 57.9 Å².